The Labute approximate surface area is 271 Å². The van der Waals surface area contributed by atoms with Gasteiger partial charge in [-0.2, -0.15) is 0 Å². The van der Waals surface area contributed by atoms with Gasteiger partial charge in [-0.15, -0.1) is 0 Å². The third kappa shape index (κ3) is 3.91. The number of aromatic nitrogens is 1. The molecule has 6 aromatic carbocycles. The molecule has 0 radical (unpaired) electrons. The van der Waals surface area contributed by atoms with Crippen molar-refractivity contribution in [2.75, 3.05) is 4.90 Å². The second kappa shape index (κ2) is 10.2. The van der Waals surface area contributed by atoms with Gasteiger partial charge in [0.25, 0.3) is 0 Å². The first-order valence-electron chi connectivity index (χ1n) is 16.1. The van der Waals surface area contributed by atoms with E-state index >= 15 is 0 Å². The number of anilines is 1. The largest absolute Gasteiger partial charge is 0.454 e. The second-order valence-electron chi connectivity index (χ2n) is 12.3. The van der Waals surface area contributed by atoms with Crippen molar-refractivity contribution >= 4 is 55.3 Å². The lowest BCUT2D eigenvalue weighted by atomic mass is 9.98. The molecule has 47 heavy (non-hydrogen) atoms. The summed E-state index contributed by atoms with van der Waals surface area (Å²) in [6.07, 6.45) is 8.67. The topological polar surface area (TPSA) is 33.7 Å². The van der Waals surface area contributed by atoms with Gasteiger partial charge >= 0.3 is 0 Å². The van der Waals surface area contributed by atoms with Crippen LogP contribution in [0.4, 0.5) is 5.69 Å². The van der Waals surface area contributed by atoms with Crippen molar-refractivity contribution in [3.8, 4) is 16.8 Å². The van der Waals surface area contributed by atoms with Crippen LogP contribution in [0.3, 0.4) is 0 Å². The summed E-state index contributed by atoms with van der Waals surface area (Å²) >= 11 is 0. The highest BCUT2D eigenvalue weighted by Crippen LogP contribution is 2.41. The predicted molar refractivity (Wildman–Crippen MR) is 195 cm³/mol. The minimum absolute atomic E-state index is 0.102. The Morgan fingerprint density at radius 3 is 2.00 bits per heavy atom. The Balaban J connectivity index is 1.11. The Bertz CT molecular complexity index is 2530. The number of aliphatic imine (C=N–C) groups is 1. The molecule has 0 bridgehead atoms. The molecule has 4 heteroatoms. The van der Waals surface area contributed by atoms with Crippen LogP contribution in [0.2, 0.25) is 0 Å². The third-order valence-corrected chi connectivity index (χ3v) is 9.69. The number of amidine groups is 1. The molecule has 0 fully saturated rings. The maximum atomic E-state index is 6.73. The van der Waals surface area contributed by atoms with E-state index in [0.29, 0.717) is 0 Å². The molecule has 2 unspecified atom stereocenters. The van der Waals surface area contributed by atoms with E-state index < -0.39 is 0 Å². The van der Waals surface area contributed by atoms with Gasteiger partial charge in [0.15, 0.2) is 5.58 Å². The molecule has 1 aliphatic carbocycles. The predicted octanol–water partition coefficient (Wildman–Crippen LogP) is 10.5. The van der Waals surface area contributed by atoms with E-state index in [0.717, 1.165) is 55.8 Å². The van der Waals surface area contributed by atoms with Crippen LogP contribution in [-0.4, -0.2) is 22.5 Å². The monoisotopic (exact) mass is 603 g/mol. The average Bonchev–Trinajstić information content (AvgIpc) is 3.82. The Morgan fingerprint density at radius 1 is 0.553 bits per heavy atom. The van der Waals surface area contributed by atoms with Crippen molar-refractivity contribution in [2.45, 2.75) is 12.1 Å². The Morgan fingerprint density at radius 2 is 1.21 bits per heavy atom. The average molecular weight is 604 g/mol. The first-order chi connectivity index (χ1) is 23.3. The molecular weight excluding hydrogens is 574 g/mol. The van der Waals surface area contributed by atoms with Gasteiger partial charge in [-0.25, -0.2) is 0 Å². The summed E-state index contributed by atoms with van der Waals surface area (Å²) in [5.41, 5.74) is 9.70. The summed E-state index contributed by atoms with van der Waals surface area (Å²) in [5, 5.41) is 4.71. The first kappa shape index (κ1) is 26.1. The fourth-order valence-corrected chi connectivity index (χ4v) is 7.61. The SMILES string of the molecule is C1=CC2N=C(c3ccc(-c4cccc5oc6c(-n7c8ccccc8c8ccccc87)cccc6c45)cc3)N(c3ccccc3)C2C=C1. The molecule has 0 saturated heterocycles. The first-order valence-corrected chi connectivity index (χ1v) is 16.1. The molecular formula is C43H29N3O. The summed E-state index contributed by atoms with van der Waals surface area (Å²) in [7, 11) is 0. The van der Waals surface area contributed by atoms with Gasteiger partial charge in [0.05, 0.1) is 28.8 Å². The van der Waals surface area contributed by atoms with Crippen LogP contribution >= 0.6 is 0 Å². The van der Waals surface area contributed by atoms with Crippen LogP contribution < -0.4 is 4.90 Å². The minimum Gasteiger partial charge on any atom is -0.454 e. The van der Waals surface area contributed by atoms with Crippen LogP contribution in [0.15, 0.2) is 173 Å². The van der Waals surface area contributed by atoms with E-state index in [2.05, 4.69) is 173 Å². The number of allylic oxidation sites excluding steroid dienone is 2. The van der Waals surface area contributed by atoms with Crippen molar-refractivity contribution in [2.24, 2.45) is 4.99 Å². The molecule has 2 aromatic heterocycles. The Kier molecular flexibility index (Phi) is 5.67. The fourth-order valence-electron chi connectivity index (χ4n) is 7.61. The molecule has 4 nitrogen and oxygen atoms in total. The summed E-state index contributed by atoms with van der Waals surface area (Å²) in [5.74, 6) is 0.997. The zero-order chi connectivity index (χ0) is 30.9. The summed E-state index contributed by atoms with van der Waals surface area (Å²) < 4.78 is 9.07. The van der Waals surface area contributed by atoms with Gasteiger partial charge in [0.2, 0.25) is 0 Å². The van der Waals surface area contributed by atoms with Crippen LogP contribution in [0.1, 0.15) is 5.56 Å². The van der Waals surface area contributed by atoms with E-state index in [1.165, 1.54) is 21.8 Å². The molecule has 0 N–H and O–H groups in total. The summed E-state index contributed by atoms with van der Waals surface area (Å²) in [6, 6.07) is 49.8. The molecule has 222 valence electrons. The minimum atomic E-state index is 0.102. The lowest BCUT2D eigenvalue weighted by Crippen LogP contribution is -2.39. The van der Waals surface area contributed by atoms with Gasteiger partial charge in [0, 0.05) is 32.8 Å². The van der Waals surface area contributed by atoms with Crippen molar-refractivity contribution in [1.29, 1.82) is 0 Å². The van der Waals surface area contributed by atoms with Crippen molar-refractivity contribution in [1.82, 2.24) is 4.57 Å². The highest BCUT2D eigenvalue weighted by molar-refractivity contribution is 6.17. The molecule has 0 spiro atoms. The summed E-state index contributed by atoms with van der Waals surface area (Å²) in [6.45, 7) is 0. The van der Waals surface area contributed by atoms with E-state index in [1.807, 2.05) is 0 Å². The maximum Gasteiger partial charge on any atom is 0.159 e. The second-order valence-corrected chi connectivity index (χ2v) is 12.3. The van der Waals surface area contributed by atoms with Crippen LogP contribution in [0.25, 0.3) is 60.6 Å². The molecule has 0 saturated carbocycles. The number of para-hydroxylation sites is 4. The summed E-state index contributed by atoms with van der Waals surface area (Å²) in [4.78, 5) is 7.55. The number of nitrogens with zero attached hydrogens (tertiary/aromatic N) is 3. The molecule has 3 heterocycles. The smallest absolute Gasteiger partial charge is 0.159 e. The van der Waals surface area contributed by atoms with Gasteiger partial charge in [-0.3, -0.25) is 4.99 Å². The third-order valence-electron chi connectivity index (χ3n) is 9.69. The molecule has 2 aliphatic rings. The lowest BCUT2D eigenvalue weighted by molar-refractivity contribution is 0.666. The Hall–Kier alpha value is -6.13. The van der Waals surface area contributed by atoms with Crippen LogP contribution in [0, 0.1) is 0 Å². The fraction of sp³-hybridized carbons (Fsp3) is 0.0465. The number of rotatable bonds is 4. The number of fused-ring (bicyclic) bond motifs is 7. The number of hydrogen-bond donors (Lipinski definition) is 0. The standard InChI is InChI=1S/C43H29N3O/c1-2-12-30(13-3-1)45-38-21-9-6-18-35(38)44-43(45)29-26-24-28(25-27-29)31-16-11-23-40-41(31)34-17-10-22-39(42(34)47-40)46-36-19-7-4-14-32(36)33-15-5-8-20-37(33)46/h1-27,35,38H. The van der Waals surface area contributed by atoms with Crippen molar-refractivity contribution in [3.05, 3.63) is 169 Å². The number of furan rings is 1. The van der Waals surface area contributed by atoms with Gasteiger partial charge in [-0.05, 0) is 47.5 Å². The molecule has 10 rings (SSSR count). The van der Waals surface area contributed by atoms with Gasteiger partial charge in [-0.1, -0.05) is 127 Å². The highest BCUT2D eigenvalue weighted by atomic mass is 16.3. The van der Waals surface area contributed by atoms with E-state index in [1.54, 1.807) is 0 Å². The quantitative estimate of drug-likeness (QED) is 0.201. The lowest BCUT2D eigenvalue weighted by Gasteiger charge is -2.29. The zero-order valence-corrected chi connectivity index (χ0v) is 25.5. The normalized spacial score (nSPS) is 17.3. The van der Waals surface area contributed by atoms with Crippen molar-refractivity contribution in [3.63, 3.8) is 0 Å². The van der Waals surface area contributed by atoms with E-state index in [4.69, 9.17) is 9.41 Å². The zero-order valence-electron chi connectivity index (χ0n) is 25.5. The van der Waals surface area contributed by atoms with Gasteiger partial charge < -0.3 is 13.9 Å². The molecule has 2 atom stereocenters. The van der Waals surface area contributed by atoms with E-state index in [9.17, 15) is 0 Å². The van der Waals surface area contributed by atoms with Crippen molar-refractivity contribution < 1.29 is 4.42 Å². The maximum absolute atomic E-state index is 6.73. The molecule has 1 aliphatic heterocycles. The molecule has 0 amide bonds. The van der Waals surface area contributed by atoms with Crippen LogP contribution in [-0.2, 0) is 0 Å². The highest BCUT2D eigenvalue weighted by Gasteiger charge is 2.35. The van der Waals surface area contributed by atoms with Crippen LogP contribution in [0.5, 0.6) is 0 Å². The van der Waals surface area contributed by atoms with Gasteiger partial charge in [0.1, 0.15) is 11.4 Å². The number of hydrogen-bond acceptors (Lipinski definition) is 3. The van der Waals surface area contributed by atoms with E-state index in [-0.39, 0.29) is 12.1 Å². The number of benzene rings is 6. The molecule has 8 aromatic rings.